The second-order valence-electron chi connectivity index (χ2n) is 5.25. The van der Waals surface area contributed by atoms with Crippen LogP contribution in [0, 0.1) is 6.92 Å². The summed E-state index contributed by atoms with van der Waals surface area (Å²) in [4.78, 5) is 19.5. The van der Waals surface area contributed by atoms with Crippen molar-refractivity contribution in [1.82, 2.24) is 15.2 Å². The fourth-order valence-electron chi connectivity index (χ4n) is 2.11. The zero-order valence-electron chi connectivity index (χ0n) is 13.3. The van der Waals surface area contributed by atoms with Crippen LogP contribution in [0.1, 0.15) is 25.9 Å². The second-order valence-corrected chi connectivity index (χ2v) is 6.34. The van der Waals surface area contributed by atoms with Crippen LogP contribution < -0.4 is 10.1 Å². The van der Waals surface area contributed by atoms with Gasteiger partial charge in [0.25, 0.3) is 5.91 Å². The number of nitrogens with one attached hydrogen (secondary N) is 1. The van der Waals surface area contributed by atoms with Gasteiger partial charge < -0.3 is 15.0 Å². The molecule has 1 amide bonds. The molecule has 2 rings (SSSR count). The molecule has 1 aromatic heterocycles. The lowest BCUT2D eigenvalue weighted by atomic mass is 10.2. The minimum atomic E-state index is -0.0917. The van der Waals surface area contributed by atoms with E-state index in [1.54, 1.807) is 7.11 Å². The Morgan fingerprint density at radius 2 is 2.09 bits per heavy atom. The standard InChI is InChI=1S/C16H21N3O2S/c1-11-15(22-14(18-11)10-19(2)3)16(20)17-9-12-7-5-6-8-13(12)21-4/h5-8H,9-10H2,1-4H3,(H,17,20). The molecule has 0 aliphatic rings. The van der Waals surface area contributed by atoms with Crippen LogP contribution in [0.15, 0.2) is 24.3 Å². The number of aryl methyl sites for hydroxylation is 1. The van der Waals surface area contributed by atoms with Crippen molar-refractivity contribution in [2.45, 2.75) is 20.0 Å². The highest BCUT2D eigenvalue weighted by Crippen LogP contribution is 2.20. The van der Waals surface area contributed by atoms with E-state index in [1.165, 1.54) is 11.3 Å². The van der Waals surface area contributed by atoms with Crippen molar-refractivity contribution < 1.29 is 9.53 Å². The lowest BCUT2D eigenvalue weighted by molar-refractivity contribution is 0.0954. The quantitative estimate of drug-likeness (QED) is 0.888. The first-order valence-corrected chi connectivity index (χ1v) is 7.84. The lowest BCUT2D eigenvalue weighted by Gasteiger charge is -2.09. The summed E-state index contributed by atoms with van der Waals surface area (Å²) in [6.07, 6.45) is 0. The summed E-state index contributed by atoms with van der Waals surface area (Å²) in [5.74, 6) is 0.683. The number of methoxy groups -OCH3 is 1. The van der Waals surface area contributed by atoms with Crippen molar-refractivity contribution in [3.8, 4) is 5.75 Å². The third-order valence-corrected chi connectivity index (χ3v) is 4.27. The van der Waals surface area contributed by atoms with Gasteiger partial charge in [-0.25, -0.2) is 4.98 Å². The fourth-order valence-corrected chi connectivity index (χ4v) is 3.21. The Bertz CT molecular complexity index is 653. The first-order chi connectivity index (χ1) is 10.5. The predicted octanol–water partition coefficient (Wildman–Crippen LogP) is 2.45. The van der Waals surface area contributed by atoms with E-state index >= 15 is 0 Å². The minimum Gasteiger partial charge on any atom is -0.496 e. The molecular weight excluding hydrogens is 298 g/mol. The number of nitrogens with zero attached hydrogens (tertiary/aromatic N) is 2. The topological polar surface area (TPSA) is 54.5 Å². The molecule has 0 spiro atoms. The number of carbonyl (C=O) groups excluding carboxylic acids is 1. The summed E-state index contributed by atoms with van der Waals surface area (Å²) in [5, 5.41) is 3.88. The van der Waals surface area contributed by atoms with Gasteiger partial charge in [-0.05, 0) is 27.1 Å². The van der Waals surface area contributed by atoms with Crippen molar-refractivity contribution in [1.29, 1.82) is 0 Å². The smallest absolute Gasteiger partial charge is 0.263 e. The lowest BCUT2D eigenvalue weighted by Crippen LogP contribution is -2.22. The number of aromatic nitrogens is 1. The van der Waals surface area contributed by atoms with Gasteiger partial charge in [0.2, 0.25) is 0 Å². The molecule has 0 bridgehead atoms. The number of amides is 1. The fraction of sp³-hybridized carbons (Fsp3) is 0.375. The first kappa shape index (κ1) is 16.5. The van der Waals surface area contributed by atoms with Crippen LogP contribution in [0.4, 0.5) is 0 Å². The van der Waals surface area contributed by atoms with E-state index in [0.29, 0.717) is 11.4 Å². The molecule has 0 saturated carbocycles. The monoisotopic (exact) mass is 319 g/mol. The molecule has 1 heterocycles. The molecule has 2 aromatic rings. The van der Waals surface area contributed by atoms with Gasteiger partial charge in [0.1, 0.15) is 15.6 Å². The molecule has 0 radical (unpaired) electrons. The molecule has 1 aromatic carbocycles. The number of benzene rings is 1. The number of rotatable bonds is 6. The summed E-state index contributed by atoms with van der Waals surface area (Å²) in [6, 6.07) is 7.66. The maximum Gasteiger partial charge on any atom is 0.263 e. The van der Waals surface area contributed by atoms with Crippen molar-refractivity contribution >= 4 is 17.2 Å². The average molecular weight is 319 g/mol. The van der Waals surface area contributed by atoms with Crippen molar-refractivity contribution in [3.63, 3.8) is 0 Å². The molecule has 0 aliphatic heterocycles. The highest BCUT2D eigenvalue weighted by Gasteiger charge is 2.15. The number of hydrogen-bond donors (Lipinski definition) is 1. The van der Waals surface area contributed by atoms with E-state index < -0.39 is 0 Å². The van der Waals surface area contributed by atoms with Crippen LogP contribution in [0.25, 0.3) is 0 Å². The van der Waals surface area contributed by atoms with Crippen molar-refractivity contribution in [2.75, 3.05) is 21.2 Å². The molecule has 6 heteroatoms. The summed E-state index contributed by atoms with van der Waals surface area (Å²) in [6.45, 7) is 3.04. The second kappa shape index (κ2) is 7.38. The molecule has 0 atom stereocenters. The Balaban J connectivity index is 2.05. The molecular formula is C16H21N3O2S. The van der Waals surface area contributed by atoms with Crippen LogP contribution in [-0.4, -0.2) is 37.0 Å². The Kier molecular flexibility index (Phi) is 5.51. The van der Waals surface area contributed by atoms with Crippen LogP contribution in [0.3, 0.4) is 0 Å². The third-order valence-electron chi connectivity index (χ3n) is 3.13. The maximum atomic E-state index is 12.3. The van der Waals surface area contributed by atoms with E-state index in [-0.39, 0.29) is 5.91 Å². The summed E-state index contributed by atoms with van der Waals surface area (Å²) >= 11 is 1.44. The normalized spacial score (nSPS) is 10.8. The number of hydrogen-bond acceptors (Lipinski definition) is 5. The molecule has 1 N–H and O–H groups in total. The van der Waals surface area contributed by atoms with Gasteiger partial charge in [-0.15, -0.1) is 11.3 Å². The van der Waals surface area contributed by atoms with Crippen molar-refractivity contribution in [2.24, 2.45) is 0 Å². The van der Waals surface area contributed by atoms with Crippen LogP contribution >= 0.6 is 11.3 Å². The van der Waals surface area contributed by atoms with E-state index in [4.69, 9.17) is 4.74 Å². The molecule has 118 valence electrons. The molecule has 0 unspecified atom stereocenters. The molecule has 0 aliphatic carbocycles. The van der Waals surface area contributed by atoms with Gasteiger partial charge in [0.15, 0.2) is 0 Å². The number of ether oxygens (including phenoxy) is 1. The minimum absolute atomic E-state index is 0.0917. The summed E-state index contributed by atoms with van der Waals surface area (Å²) < 4.78 is 5.29. The SMILES string of the molecule is COc1ccccc1CNC(=O)c1sc(CN(C)C)nc1C. The largest absolute Gasteiger partial charge is 0.496 e. The summed E-state index contributed by atoms with van der Waals surface area (Å²) in [5.41, 5.74) is 1.73. The van der Waals surface area contributed by atoms with E-state index in [1.807, 2.05) is 50.2 Å². The Morgan fingerprint density at radius 3 is 2.77 bits per heavy atom. The molecule has 0 fully saturated rings. The van der Waals surface area contributed by atoms with Gasteiger partial charge in [-0.1, -0.05) is 18.2 Å². The van der Waals surface area contributed by atoms with Gasteiger partial charge >= 0.3 is 0 Å². The predicted molar refractivity (Wildman–Crippen MR) is 88.4 cm³/mol. The highest BCUT2D eigenvalue weighted by atomic mass is 32.1. The van der Waals surface area contributed by atoms with Crippen LogP contribution in [-0.2, 0) is 13.1 Å². The van der Waals surface area contributed by atoms with Gasteiger partial charge in [-0.2, -0.15) is 0 Å². The van der Waals surface area contributed by atoms with Gasteiger partial charge in [-0.3, -0.25) is 4.79 Å². The van der Waals surface area contributed by atoms with Gasteiger partial charge in [0.05, 0.1) is 12.8 Å². The Morgan fingerprint density at radius 1 is 1.36 bits per heavy atom. The maximum absolute atomic E-state index is 12.3. The van der Waals surface area contributed by atoms with Crippen LogP contribution in [0.2, 0.25) is 0 Å². The van der Waals surface area contributed by atoms with E-state index in [0.717, 1.165) is 28.6 Å². The molecule has 22 heavy (non-hydrogen) atoms. The molecule has 0 saturated heterocycles. The van der Waals surface area contributed by atoms with E-state index in [9.17, 15) is 4.79 Å². The number of carbonyl (C=O) groups is 1. The van der Waals surface area contributed by atoms with Crippen molar-refractivity contribution in [3.05, 3.63) is 45.4 Å². The Labute approximate surface area is 134 Å². The zero-order valence-corrected chi connectivity index (χ0v) is 14.2. The molecule has 5 nitrogen and oxygen atoms in total. The number of thiazole rings is 1. The van der Waals surface area contributed by atoms with Crippen LogP contribution in [0.5, 0.6) is 5.75 Å². The zero-order chi connectivity index (χ0) is 16.1. The van der Waals surface area contributed by atoms with Gasteiger partial charge in [0, 0.05) is 18.7 Å². The third kappa shape index (κ3) is 4.05. The highest BCUT2D eigenvalue weighted by molar-refractivity contribution is 7.13. The first-order valence-electron chi connectivity index (χ1n) is 7.02. The number of para-hydroxylation sites is 1. The van der Waals surface area contributed by atoms with E-state index in [2.05, 4.69) is 10.3 Å². The summed E-state index contributed by atoms with van der Waals surface area (Å²) in [7, 11) is 5.60. The Hall–Kier alpha value is -1.92. The average Bonchev–Trinajstić information content (AvgIpc) is 2.84.